The van der Waals surface area contributed by atoms with Crippen molar-refractivity contribution in [2.24, 2.45) is 0 Å². The van der Waals surface area contributed by atoms with Crippen molar-refractivity contribution in [1.29, 1.82) is 0 Å². The monoisotopic (exact) mass is 350 g/mol. The van der Waals surface area contributed by atoms with E-state index in [-0.39, 0.29) is 0 Å². The Morgan fingerprint density at radius 3 is 2.50 bits per heavy atom. The van der Waals surface area contributed by atoms with E-state index in [1.54, 1.807) is 11.8 Å². The van der Waals surface area contributed by atoms with E-state index in [1.165, 1.54) is 11.3 Å². The van der Waals surface area contributed by atoms with E-state index >= 15 is 0 Å². The number of hydrogen-bond donors (Lipinski definition) is 0. The maximum absolute atomic E-state index is 12.7. The summed E-state index contributed by atoms with van der Waals surface area (Å²) in [5, 5.41) is 4.92. The molecule has 4 nitrogen and oxygen atoms in total. The van der Waals surface area contributed by atoms with Gasteiger partial charge in [0, 0.05) is 23.5 Å². The van der Waals surface area contributed by atoms with E-state index in [1.807, 2.05) is 20.1 Å². The summed E-state index contributed by atoms with van der Waals surface area (Å²) in [6.07, 6.45) is -1.46. The van der Waals surface area contributed by atoms with Crippen LogP contribution in [-0.4, -0.2) is 37.9 Å². The lowest BCUT2D eigenvalue weighted by atomic mass is 10.3. The first-order valence-electron chi connectivity index (χ1n) is 6.69. The second kappa shape index (κ2) is 6.99. The highest BCUT2D eigenvalue weighted by atomic mass is 32.2. The molecule has 0 bridgehead atoms. The molecule has 0 amide bonds. The molecule has 0 N–H and O–H groups in total. The third-order valence-electron chi connectivity index (χ3n) is 2.97. The number of nitrogens with zero attached hydrogens (tertiary/aromatic N) is 4. The van der Waals surface area contributed by atoms with Crippen LogP contribution in [0.4, 0.5) is 13.2 Å². The Morgan fingerprint density at radius 1 is 1.23 bits per heavy atom. The first kappa shape index (κ1) is 17.3. The molecule has 122 valence electrons. The molecular weight excluding hydrogens is 333 g/mol. The van der Waals surface area contributed by atoms with Gasteiger partial charge in [0.05, 0.1) is 10.7 Å². The summed E-state index contributed by atoms with van der Waals surface area (Å²) < 4.78 is 39.1. The van der Waals surface area contributed by atoms with Crippen molar-refractivity contribution in [2.75, 3.05) is 12.0 Å². The molecule has 0 aliphatic carbocycles. The highest BCUT2D eigenvalue weighted by Gasteiger charge is 2.30. The quantitative estimate of drug-likeness (QED) is 0.801. The van der Waals surface area contributed by atoms with E-state index in [4.69, 9.17) is 0 Å². The van der Waals surface area contributed by atoms with Crippen molar-refractivity contribution in [3.63, 3.8) is 0 Å². The fraction of sp³-hybridized carbons (Fsp3) is 0.615. The molecule has 2 aromatic rings. The Morgan fingerprint density at radius 2 is 1.95 bits per heavy atom. The van der Waals surface area contributed by atoms with Crippen LogP contribution < -0.4 is 0 Å². The normalized spacial score (nSPS) is 12.1. The topological polar surface area (TPSA) is 43.6 Å². The zero-order valence-corrected chi connectivity index (χ0v) is 14.2. The van der Waals surface area contributed by atoms with Crippen molar-refractivity contribution in [3.05, 3.63) is 27.2 Å². The van der Waals surface area contributed by atoms with Crippen LogP contribution in [0.25, 0.3) is 0 Å². The van der Waals surface area contributed by atoms with Gasteiger partial charge in [0.2, 0.25) is 0 Å². The van der Waals surface area contributed by atoms with Gasteiger partial charge in [-0.25, -0.2) is 14.6 Å². The zero-order chi connectivity index (χ0) is 16.3. The highest BCUT2D eigenvalue weighted by molar-refractivity contribution is 7.98. The fourth-order valence-electron chi connectivity index (χ4n) is 2.03. The summed E-state index contributed by atoms with van der Waals surface area (Å²) in [6, 6.07) is 0. The van der Waals surface area contributed by atoms with Crippen molar-refractivity contribution < 1.29 is 13.2 Å². The van der Waals surface area contributed by atoms with Crippen LogP contribution in [0, 0.1) is 13.8 Å². The van der Waals surface area contributed by atoms with Gasteiger partial charge in [0.1, 0.15) is 12.4 Å². The third-order valence-corrected chi connectivity index (χ3v) is 4.65. The number of alkyl halides is 3. The maximum atomic E-state index is 12.7. The van der Waals surface area contributed by atoms with Crippen LogP contribution in [0.3, 0.4) is 0 Å². The molecule has 0 fully saturated rings. The SMILES string of the molecule is CSCCc1nc(Cc2sc(C)nc2C)n(CC(F)(F)F)n1. The molecule has 0 aromatic carbocycles. The first-order valence-corrected chi connectivity index (χ1v) is 8.90. The van der Waals surface area contributed by atoms with Gasteiger partial charge in [-0.05, 0) is 20.1 Å². The van der Waals surface area contributed by atoms with Gasteiger partial charge in [-0.1, -0.05) is 0 Å². The Balaban J connectivity index is 2.26. The molecular formula is C13H17F3N4S2. The number of halogens is 3. The standard InChI is InChI=1S/C13H17F3N4S2/c1-8-10(22-9(2)17-8)6-12-18-11(4-5-21-3)19-20(12)7-13(14,15)16/h4-7H2,1-3H3. The first-order chi connectivity index (χ1) is 10.3. The van der Waals surface area contributed by atoms with Crippen LogP contribution in [0.1, 0.15) is 27.2 Å². The summed E-state index contributed by atoms with van der Waals surface area (Å²) in [4.78, 5) is 9.53. The summed E-state index contributed by atoms with van der Waals surface area (Å²) in [7, 11) is 0. The molecule has 0 unspecified atom stereocenters. The summed E-state index contributed by atoms with van der Waals surface area (Å²) in [5.41, 5.74) is 0.842. The molecule has 22 heavy (non-hydrogen) atoms. The van der Waals surface area contributed by atoms with Gasteiger partial charge < -0.3 is 0 Å². The van der Waals surface area contributed by atoms with Crippen LogP contribution in [0.2, 0.25) is 0 Å². The smallest absolute Gasteiger partial charge is 0.247 e. The van der Waals surface area contributed by atoms with Crippen molar-refractivity contribution >= 4 is 23.1 Å². The predicted molar refractivity (Wildman–Crippen MR) is 82.6 cm³/mol. The van der Waals surface area contributed by atoms with Gasteiger partial charge in [-0.3, -0.25) is 0 Å². The molecule has 0 saturated heterocycles. The molecule has 0 atom stereocenters. The largest absolute Gasteiger partial charge is 0.408 e. The van der Waals surface area contributed by atoms with Crippen molar-refractivity contribution in [3.8, 4) is 0 Å². The van der Waals surface area contributed by atoms with Crippen LogP contribution in [0.15, 0.2) is 0 Å². The van der Waals surface area contributed by atoms with E-state index in [9.17, 15) is 13.2 Å². The summed E-state index contributed by atoms with van der Waals surface area (Å²) in [5.74, 6) is 1.60. The zero-order valence-electron chi connectivity index (χ0n) is 12.6. The average Bonchev–Trinajstić information content (AvgIpc) is 2.89. The fourth-order valence-corrected chi connectivity index (χ4v) is 3.35. The molecule has 0 spiro atoms. The van der Waals surface area contributed by atoms with E-state index in [0.29, 0.717) is 24.5 Å². The summed E-state index contributed by atoms with van der Waals surface area (Å²) in [6.45, 7) is 2.63. The Kier molecular flexibility index (Phi) is 5.49. The lowest BCUT2D eigenvalue weighted by Gasteiger charge is -2.08. The molecule has 0 aliphatic rings. The van der Waals surface area contributed by atoms with Gasteiger partial charge in [-0.2, -0.15) is 30.0 Å². The van der Waals surface area contributed by atoms with Gasteiger partial charge in [-0.15, -0.1) is 11.3 Å². The predicted octanol–water partition coefficient (Wildman–Crippen LogP) is 3.41. The van der Waals surface area contributed by atoms with Crippen LogP contribution >= 0.6 is 23.1 Å². The lowest BCUT2D eigenvalue weighted by Crippen LogP contribution is -2.20. The molecule has 0 saturated carbocycles. The van der Waals surface area contributed by atoms with Gasteiger partial charge in [0.15, 0.2) is 5.82 Å². The maximum Gasteiger partial charge on any atom is 0.408 e. The molecule has 2 heterocycles. The highest BCUT2D eigenvalue weighted by Crippen LogP contribution is 2.23. The van der Waals surface area contributed by atoms with Crippen LogP contribution in [-0.2, 0) is 19.4 Å². The van der Waals surface area contributed by atoms with E-state index in [0.717, 1.165) is 26.0 Å². The minimum absolute atomic E-state index is 0.333. The van der Waals surface area contributed by atoms with E-state index in [2.05, 4.69) is 15.1 Å². The van der Waals surface area contributed by atoms with Crippen molar-refractivity contribution in [1.82, 2.24) is 19.7 Å². The average molecular weight is 350 g/mol. The van der Waals surface area contributed by atoms with Crippen molar-refractivity contribution in [2.45, 2.75) is 39.4 Å². The molecule has 9 heteroatoms. The number of aromatic nitrogens is 4. The number of thioether (sulfide) groups is 1. The Bertz CT molecular complexity index is 634. The number of hydrogen-bond acceptors (Lipinski definition) is 5. The number of thiazole rings is 1. The minimum Gasteiger partial charge on any atom is -0.247 e. The minimum atomic E-state index is -4.31. The van der Waals surface area contributed by atoms with Gasteiger partial charge >= 0.3 is 6.18 Å². The number of rotatable bonds is 6. The molecule has 2 aromatic heterocycles. The Hall–Kier alpha value is -1.09. The van der Waals surface area contributed by atoms with E-state index < -0.39 is 12.7 Å². The molecule has 0 aliphatic heterocycles. The molecule has 2 rings (SSSR count). The molecule has 0 radical (unpaired) electrons. The second-order valence-electron chi connectivity index (χ2n) is 4.88. The lowest BCUT2D eigenvalue weighted by molar-refractivity contribution is -0.143. The number of aryl methyl sites for hydroxylation is 3. The van der Waals surface area contributed by atoms with Crippen LogP contribution in [0.5, 0.6) is 0 Å². The second-order valence-corrected chi connectivity index (χ2v) is 7.15. The summed E-state index contributed by atoms with van der Waals surface area (Å²) >= 11 is 3.10. The van der Waals surface area contributed by atoms with Gasteiger partial charge in [0.25, 0.3) is 0 Å². The Labute approximate surface area is 135 Å². The third kappa shape index (κ3) is 4.70.